The van der Waals surface area contributed by atoms with E-state index in [1.54, 1.807) is 0 Å². The van der Waals surface area contributed by atoms with Gasteiger partial charge in [0.25, 0.3) is 0 Å². The summed E-state index contributed by atoms with van der Waals surface area (Å²) < 4.78 is 8.66. The molecule has 0 aromatic heterocycles. The summed E-state index contributed by atoms with van der Waals surface area (Å²) in [4.78, 5) is 24.3. The smallest absolute Gasteiger partial charge is 0.790 e. The summed E-state index contributed by atoms with van der Waals surface area (Å²) in [5.41, 5.74) is 0. The van der Waals surface area contributed by atoms with Gasteiger partial charge in [-0.2, -0.15) is 0 Å². The van der Waals surface area contributed by atoms with Crippen LogP contribution in [0.25, 0.3) is 0 Å². The van der Waals surface area contributed by atoms with Crippen molar-refractivity contribution in [1.82, 2.24) is 12.3 Å². The Morgan fingerprint density at radius 2 is 0.846 bits per heavy atom. The Balaban J connectivity index is -0.00000000286. The Morgan fingerprint density at radius 1 is 0.846 bits per heavy atom. The molecule has 0 radical (unpaired) electrons. The van der Waals surface area contributed by atoms with Crippen LogP contribution >= 0.6 is 7.82 Å². The van der Waals surface area contributed by atoms with Crippen LogP contribution in [-0.4, -0.2) is 26.8 Å². The molecule has 0 aromatic carbocycles. The van der Waals surface area contributed by atoms with Crippen LogP contribution < -0.4 is 81.2 Å². The summed E-state index contributed by atoms with van der Waals surface area (Å²) >= 11 is 0. The molecule has 13 heteroatoms. The van der Waals surface area contributed by atoms with Crippen molar-refractivity contribution in [2.75, 3.05) is 0 Å². The predicted octanol–water partition coefficient (Wildman–Crippen LogP) is -11.2. The van der Waals surface area contributed by atoms with E-state index in [9.17, 15) is 0 Å². The van der Waals surface area contributed by atoms with Gasteiger partial charge >= 0.3 is 59.1 Å². The molecular formula is H15N2Na2O8P. The quantitative estimate of drug-likeness (QED) is 0.275. The van der Waals surface area contributed by atoms with Crippen LogP contribution in [0.3, 0.4) is 0 Å². The molecule has 0 atom stereocenters. The fourth-order valence-corrected chi connectivity index (χ4v) is 0. The first kappa shape index (κ1) is 83.0. The van der Waals surface area contributed by atoms with Crippen LogP contribution in [0, 0.1) is 0 Å². The van der Waals surface area contributed by atoms with Crippen LogP contribution in [0.4, 0.5) is 0 Å². The van der Waals surface area contributed by atoms with Crippen LogP contribution in [0.15, 0.2) is 0 Å². The minimum Gasteiger partial charge on any atom is -0.790 e. The fourth-order valence-electron chi connectivity index (χ4n) is 0. The normalized spacial score (nSPS) is 4.54. The van der Waals surface area contributed by atoms with E-state index in [1.807, 2.05) is 0 Å². The largest absolute Gasteiger partial charge is 1.00 e. The molecular weight excluding hydrogens is 233 g/mol. The zero-order valence-corrected chi connectivity index (χ0v) is 12.4. The van der Waals surface area contributed by atoms with Gasteiger partial charge in [0.2, 0.25) is 0 Å². The summed E-state index contributed by atoms with van der Waals surface area (Å²) in [6.07, 6.45) is 0. The summed E-state index contributed by atoms with van der Waals surface area (Å²) in [5, 5.41) is 0. The first-order valence-corrected chi connectivity index (χ1v) is 2.24. The van der Waals surface area contributed by atoms with Gasteiger partial charge in [-0.25, -0.2) is 0 Å². The molecule has 0 heterocycles. The molecule has 0 fully saturated rings. The molecule has 0 saturated carbocycles. The Bertz CT molecular complexity index is 66.3. The standard InChI is InChI=1S/2H3N.2Na.H3O4P.4H2O/c;;;;1-5(2,3)4;;;;/h2*1H3;;;(H3,1,2,3,4);4*1H2/q;;2*+1;;;;;/p-2. The second kappa shape index (κ2) is 37.1. The first-order chi connectivity index (χ1) is 2.00. The maximum atomic E-state index is 8.66. The summed E-state index contributed by atoms with van der Waals surface area (Å²) in [7, 11) is -5.14. The molecule has 0 aliphatic carbocycles. The third kappa shape index (κ3) is 559. The summed E-state index contributed by atoms with van der Waals surface area (Å²) in [6, 6.07) is 0. The van der Waals surface area contributed by atoms with Crippen molar-refractivity contribution in [2.24, 2.45) is 0 Å². The van der Waals surface area contributed by atoms with Gasteiger partial charge in [-0.05, 0) is 0 Å². The zero-order valence-electron chi connectivity index (χ0n) is 7.53. The summed E-state index contributed by atoms with van der Waals surface area (Å²) in [5.74, 6) is 0. The van der Waals surface area contributed by atoms with Crippen molar-refractivity contribution >= 4 is 7.82 Å². The average Bonchev–Trinajstić information content (AvgIpc) is 0.722. The van der Waals surface area contributed by atoms with E-state index in [0.717, 1.165) is 0 Å². The molecule has 15 N–H and O–H groups in total. The maximum absolute atomic E-state index is 8.66. The van der Waals surface area contributed by atoms with E-state index >= 15 is 0 Å². The number of hydrogen-bond acceptors (Lipinski definition) is 5. The minimum absolute atomic E-state index is 0. The molecule has 0 saturated heterocycles. The van der Waals surface area contributed by atoms with Crippen LogP contribution in [0.2, 0.25) is 0 Å². The second-order valence-corrected chi connectivity index (χ2v) is 1.41. The Morgan fingerprint density at radius 3 is 0.846 bits per heavy atom. The van der Waals surface area contributed by atoms with Crippen LogP contribution in [-0.2, 0) is 4.57 Å². The second-order valence-electron chi connectivity index (χ2n) is 0.469. The van der Waals surface area contributed by atoms with Gasteiger partial charge in [0.05, 0.1) is 7.82 Å². The average molecular weight is 248 g/mol. The Labute approximate surface area is 119 Å². The molecule has 0 rings (SSSR count). The van der Waals surface area contributed by atoms with E-state index in [-0.39, 0.29) is 93.3 Å². The molecule has 0 aromatic rings. The fraction of sp³-hybridized carbons (Fsp3) is 0. The van der Waals surface area contributed by atoms with Gasteiger partial charge in [-0.1, -0.05) is 0 Å². The topological polar surface area (TPSA) is 279 Å². The minimum atomic E-state index is -5.14. The van der Waals surface area contributed by atoms with Crippen molar-refractivity contribution in [1.29, 1.82) is 0 Å². The van der Waals surface area contributed by atoms with Gasteiger partial charge in [-0.15, -0.1) is 0 Å². The SMILES string of the molecule is N.N.O.O.O.O.O=P([O-])([O-])O.[Na+].[Na+]. The molecule has 0 amide bonds. The molecule has 0 aliphatic rings. The molecule has 10 nitrogen and oxygen atoms in total. The number of hydrogen-bond donors (Lipinski definition) is 3. The van der Waals surface area contributed by atoms with E-state index in [1.165, 1.54) is 0 Å². The number of rotatable bonds is 0. The van der Waals surface area contributed by atoms with Gasteiger partial charge in [0.15, 0.2) is 0 Å². The summed E-state index contributed by atoms with van der Waals surface area (Å²) in [6.45, 7) is 0. The zero-order chi connectivity index (χ0) is 4.50. The molecule has 0 spiro atoms. The molecule has 80 valence electrons. The maximum Gasteiger partial charge on any atom is 1.00 e. The Kier molecular flexibility index (Phi) is 237. The monoisotopic (exact) mass is 248 g/mol. The molecule has 0 bridgehead atoms. The van der Waals surface area contributed by atoms with Crippen LogP contribution in [0.1, 0.15) is 0 Å². The van der Waals surface area contributed by atoms with E-state index in [4.69, 9.17) is 19.2 Å². The van der Waals surface area contributed by atoms with E-state index < -0.39 is 7.82 Å². The van der Waals surface area contributed by atoms with Crippen molar-refractivity contribution in [3.8, 4) is 0 Å². The molecule has 0 aliphatic heterocycles. The first-order valence-electron chi connectivity index (χ1n) is 0.748. The number of phosphoric acid groups is 1. The van der Waals surface area contributed by atoms with Crippen molar-refractivity contribution in [2.45, 2.75) is 0 Å². The van der Waals surface area contributed by atoms with E-state index in [2.05, 4.69) is 0 Å². The van der Waals surface area contributed by atoms with Gasteiger partial charge in [0, 0.05) is 0 Å². The third-order valence-electron chi connectivity index (χ3n) is 0. The Hall–Kier alpha value is 1.87. The van der Waals surface area contributed by atoms with Crippen molar-refractivity contribution < 1.29 is 100 Å². The molecule has 13 heavy (non-hydrogen) atoms. The van der Waals surface area contributed by atoms with Gasteiger partial charge in [-0.3, -0.25) is 0 Å². The van der Waals surface area contributed by atoms with Gasteiger partial charge < -0.3 is 53.5 Å². The van der Waals surface area contributed by atoms with Gasteiger partial charge in [0.1, 0.15) is 0 Å². The molecule has 0 unspecified atom stereocenters. The van der Waals surface area contributed by atoms with Crippen molar-refractivity contribution in [3.63, 3.8) is 0 Å². The van der Waals surface area contributed by atoms with Crippen molar-refractivity contribution in [3.05, 3.63) is 0 Å². The van der Waals surface area contributed by atoms with Crippen LogP contribution in [0.5, 0.6) is 0 Å². The predicted molar refractivity (Wildman–Crippen MR) is 34.3 cm³/mol. The third-order valence-corrected chi connectivity index (χ3v) is 0. The van der Waals surface area contributed by atoms with E-state index in [0.29, 0.717) is 0 Å².